The van der Waals surface area contributed by atoms with Crippen LogP contribution in [0.1, 0.15) is 50.1 Å². The number of nitrogens with one attached hydrogen (secondary N) is 2. The molecule has 2 N–H and O–H groups in total. The maximum atomic E-state index is 12.4. The number of guanidine groups is 1. The highest BCUT2D eigenvalue weighted by atomic mass is 127. The van der Waals surface area contributed by atoms with Gasteiger partial charge in [-0.25, -0.2) is 0 Å². The third-order valence-electron chi connectivity index (χ3n) is 5.70. The summed E-state index contributed by atoms with van der Waals surface area (Å²) in [7, 11) is 3.20. The van der Waals surface area contributed by atoms with Crippen LogP contribution in [0.3, 0.4) is 0 Å². The van der Waals surface area contributed by atoms with Crippen LogP contribution >= 0.6 is 24.0 Å². The van der Waals surface area contributed by atoms with Crippen molar-refractivity contribution >= 4 is 29.9 Å². The molecule has 1 spiro atoms. The lowest BCUT2D eigenvalue weighted by molar-refractivity contribution is -0.143. The maximum Gasteiger partial charge on any atom is 0.401 e. The van der Waals surface area contributed by atoms with Gasteiger partial charge in [-0.1, -0.05) is 18.2 Å². The largest absolute Gasteiger partial charge is 0.487 e. The normalized spacial score (nSPS) is 20.5. The Balaban J connectivity index is 0.00000320. The average Bonchev–Trinajstić information content (AvgIpc) is 3.10. The van der Waals surface area contributed by atoms with Gasteiger partial charge < -0.3 is 15.4 Å². The van der Waals surface area contributed by atoms with Gasteiger partial charge in [-0.15, -0.1) is 24.0 Å². The van der Waals surface area contributed by atoms with E-state index in [-0.39, 0.29) is 35.6 Å². The summed E-state index contributed by atoms with van der Waals surface area (Å²) in [6, 6.07) is 8.20. The summed E-state index contributed by atoms with van der Waals surface area (Å²) in [5.41, 5.74) is 1.02. The Labute approximate surface area is 193 Å². The van der Waals surface area contributed by atoms with E-state index in [2.05, 4.69) is 21.7 Å². The molecular formula is C21H32F3IN4O. The number of halogens is 4. The Hall–Kier alpha value is -1.23. The number of hydrogen-bond acceptors (Lipinski definition) is 3. The van der Waals surface area contributed by atoms with Crippen LogP contribution in [0.25, 0.3) is 0 Å². The van der Waals surface area contributed by atoms with Gasteiger partial charge in [0.05, 0.1) is 12.6 Å². The number of nitrogens with zero attached hydrogens (tertiary/aromatic N) is 2. The topological polar surface area (TPSA) is 48.9 Å². The van der Waals surface area contributed by atoms with Gasteiger partial charge in [0.25, 0.3) is 0 Å². The molecule has 2 aliphatic rings. The number of ether oxygens (including phenoxy) is 1. The first-order valence-electron chi connectivity index (χ1n) is 10.3. The smallest absolute Gasteiger partial charge is 0.401 e. The summed E-state index contributed by atoms with van der Waals surface area (Å²) in [6.45, 7) is 0.0332. The monoisotopic (exact) mass is 540 g/mol. The zero-order valence-electron chi connectivity index (χ0n) is 17.6. The summed E-state index contributed by atoms with van der Waals surface area (Å²) in [5, 5.41) is 6.74. The fourth-order valence-corrected chi connectivity index (χ4v) is 4.37. The Morgan fingerprint density at radius 1 is 1.27 bits per heavy atom. The van der Waals surface area contributed by atoms with Crippen molar-refractivity contribution in [2.75, 3.05) is 33.7 Å². The molecule has 1 aromatic carbocycles. The molecule has 0 saturated heterocycles. The van der Waals surface area contributed by atoms with E-state index in [1.165, 1.54) is 24.8 Å². The number of para-hydroxylation sites is 1. The number of hydrogen-bond donors (Lipinski definition) is 2. The van der Waals surface area contributed by atoms with Gasteiger partial charge in [0, 0.05) is 25.6 Å². The Kier molecular flexibility index (Phi) is 9.08. The van der Waals surface area contributed by atoms with E-state index in [0.29, 0.717) is 25.5 Å². The Morgan fingerprint density at radius 3 is 2.63 bits per heavy atom. The quantitative estimate of drug-likeness (QED) is 0.242. The zero-order chi connectivity index (χ0) is 20.9. The second kappa shape index (κ2) is 10.9. The van der Waals surface area contributed by atoms with Crippen LogP contribution in [-0.2, 0) is 0 Å². The molecule has 5 nitrogen and oxygen atoms in total. The fraction of sp³-hybridized carbons (Fsp3) is 0.667. The van der Waals surface area contributed by atoms with Crippen molar-refractivity contribution in [1.29, 1.82) is 0 Å². The third kappa shape index (κ3) is 6.90. The molecule has 170 valence electrons. The molecule has 0 aromatic heterocycles. The highest BCUT2D eigenvalue weighted by Crippen LogP contribution is 2.46. The summed E-state index contributed by atoms with van der Waals surface area (Å²) in [4.78, 5) is 5.59. The lowest BCUT2D eigenvalue weighted by Gasteiger charge is -2.40. The molecule has 1 heterocycles. The lowest BCUT2D eigenvalue weighted by atomic mass is 9.86. The lowest BCUT2D eigenvalue weighted by Crippen LogP contribution is -2.47. The first kappa shape index (κ1) is 25.0. The molecule has 0 bridgehead atoms. The molecule has 0 radical (unpaired) electrons. The summed E-state index contributed by atoms with van der Waals surface area (Å²) < 4.78 is 43.6. The van der Waals surface area contributed by atoms with Crippen LogP contribution in [0.5, 0.6) is 5.75 Å². The van der Waals surface area contributed by atoms with Gasteiger partial charge in [-0.2, -0.15) is 13.2 Å². The van der Waals surface area contributed by atoms with Gasteiger partial charge in [-0.05, 0) is 51.8 Å². The second-order valence-corrected chi connectivity index (χ2v) is 8.14. The van der Waals surface area contributed by atoms with E-state index in [1.807, 2.05) is 18.2 Å². The first-order chi connectivity index (χ1) is 13.8. The van der Waals surface area contributed by atoms with Gasteiger partial charge in [0.15, 0.2) is 5.96 Å². The molecule has 9 heteroatoms. The van der Waals surface area contributed by atoms with Crippen LogP contribution in [0.4, 0.5) is 13.2 Å². The SMILES string of the molecule is CN=C(NCCCN(C)CC(F)(F)F)NC1CC2(CCCC2)Oc2ccccc21.I. The number of benzene rings is 1. The van der Waals surface area contributed by atoms with Gasteiger partial charge in [0.1, 0.15) is 11.4 Å². The molecule has 0 amide bonds. The Morgan fingerprint density at radius 2 is 1.97 bits per heavy atom. The third-order valence-corrected chi connectivity index (χ3v) is 5.70. The van der Waals surface area contributed by atoms with Crippen molar-refractivity contribution in [3.05, 3.63) is 29.8 Å². The molecule has 30 heavy (non-hydrogen) atoms. The average molecular weight is 540 g/mol. The minimum absolute atomic E-state index is 0. The van der Waals surface area contributed by atoms with Crippen molar-refractivity contribution in [3.63, 3.8) is 0 Å². The highest BCUT2D eigenvalue weighted by Gasteiger charge is 2.43. The van der Waals surface area contributed by atoms with Crippen molar-refractivity contribution in [2.45, 2.75) is 56.3 Å². The van der Waals surface area contributed by atoms with Crippen molar-refractivity contribution in [3.8, 4) is 5.75 Å². The Bertz CT molecular complexity index is 708. The van der Waals surface area contributed by atoms with Crippen LogP contribution in [0, 0.1) is 0 Å². The van der Waals surface area contributed by atoms with Gasteiger partial charge in [0.2, 0.25) is 0 Å². The van der Waals surface area contributed by atoms with Crippen molar-refractivity contribution < 1.29 is 17.9 Å². The highest BCUT2D eigenvalue weighted by molar-refractivity contribution is 14.0. The van der Waals surface area contributed by atoms with E-state index in [1.54, 1.807) is 7.05 Å². The fourth-order valence-electron chi connectivity index (χ4n) is 4.37. The summed E-state index contributed by atoms with van der Waals surface area (Å²) >= 11 is 0. The van der Waals surface area contributed by atoms with E-state index in [9.17, 15) is 13.2 Å². The van der Waals surface area contributed by atoms with E-state index in [0.717, 1.165) is 30.6 Å². The number of alkyl halides is 3. The standard InChI is InChI=1S/C21H31F3N4O.HI/c1-25-19(26-12-7-13-28(2)15-21(22,23)24)27-17-14-20(10-5-6-11-20)29-18-9-4-3-8-16(17)18;/h3-4,8-9,17H,5-7,10-15H2,1-2H3,(H2,25,26,27);1H. The molecule has 1 atom stereocenters. The molecule has 3 rings (SSSR count). The van der Waals surface area contributed by atoms with Crippen LogP contribution in [-0.4, -0.2) is 56.4 Å². The van der Waals surface area contributed by atoms with E-state index in [4.69, 9.17) is 4.74 Å². The maximum absolute atomic E-state index is 12.4. The van der Waals surface area contributed by atoms with Crippen LogP contribution < -0.4 is 15.4 Å². The molecule has 1 aliphatic heterocycles. The van der Waals surface area contributed by atoms with Crippen LogP contribution in [0.2, 0.25) is 0 Å². The summed E-state index contributed by atoms with van der Waals surface area (Å²) in [5.74, 6) is 1.60. The van der Waals surface area contributed by atoms with E-state index >= 15 is 0 Å². The molecule has 1 fully saturated rings. The first-order valence-corrected chi connectivity index (χ1v) is 10.3. The predicted molar refractivity (Wildman–Crippen MR) is 124 cm³/mol. The molecule has 1 saturated carbocycles. The van der Waals surface area contributed by atoms with Gasteiger partial charge in [-0.3, -0.25) is 9.89 Å². The van der Waals surface area contributed by atoms with E-state index < -0.39 is 12.7 Å². The minimum atomic E-state index is -4.16. The summed E-state index contributed by atoms with van der Waals surface area (Å²) in [6.07, 6.45) is 1.84. The second-order valence-electron chi connectivity index (χ2n) is 8.14. The van der Waals surface area contributed by atoms with Crippen molar-refractivity contribution in [1.82, 2.24) is 15.5 Å². The number of aliphatic imine (C=N–C) groups is 1. The van der Waals surface area contributed by atoms with Crippen LogP contribution in [0.15, 0.2) is 29.3 Å². The molecule has 1 aromatic rings. The van der Waals surface area contributed by atoms with Gasteiger partial charge >= 0.3 is 6.18 Å². The predicted octanol–water partition coefficient (Wildman–Crippen LogP) is 4.49. The van der Waals surface area contributed by atoms with Crippen molar-refractivity contribution in [2.24, 2.45) is 4.99 Å². The molecule has 1 unspecified atom stereocenters. The minimum Gasteiger partial charge on any atom is -0.487 e. The number of fused-ring (bicyclic) bond motifs is 1. The molecule has 1 aliphatic carbocycles. The molecular weight excluding hydrogens is 508 g/mol. The zero-order valence-corrected chi connectivity index (χ0v) is 19.9. The number of rotatable bonds is 6.